The van der Waals surface area contributed by atoms with E-state index in [2.05, 4.69) is 59.4 Å². The first-order valence-electron chi connectivity index (χ1n) is 20.4. The lowest BCUT2D eigenvalue weighted by atomic mass is 9.94. The molecule has 5 amide bonds. The highest BCUT2D eigenvalue weighted by Crippen LogP contribution is 2.38. The van der Waals surface area contributed by atoms with E-state index in [0.717, 1.165) is 41.8 Å². The van der Waals surface area contributed by atoms with Crippen molar-refractivity contribution in [1.29, 1.82) is 0 Å². The van der Waals surface area contributed by atoms with Gasteiger partial charge >= 0.3 is 5.97 Å². The highest BCUT2D eigenvalue weighted by atomic mass is 16.4. The molecule has 4 aromatic carbocycles. The molecule has 0 fully saturated rings. The fourth-order valence-electron chi connectivity index (χ4n) is 6.55. The van der Waals surface area contributed by atoms with Crippen molar-refractivity contribution in [3.63, 3.8) is 0 Å². The monoisotopic (exact) mass is 836 g/mol. The Morgan fingerprint density at radius 1 is 0.820 bits per heavy atom. The van der Waals surface area contributed by atoms with E-state index in [1.54, 1.807) is 12.1 Å². The maximum absolute atomic E-state index is 13.6. The lowest BCUT2D eigenvalue weighted by Crippen LogP contribution is -2.49. The van der Waals surface area contributed by atoms with Gasteiger partial charge in [-0.1, -0.05) is 75.2 Å². The third kappa shape index (κ3) is 13.6. The van der Waals surface area contributed by atoms with Crippen molar-refractivity contribution < 1.29 is 44.1 Å². The summed E-state index contributed by atoms with van der Waals surface area (Å²) in [7, 11) is 1.32. The van der Waals surface area contributed by atoms with Crippen LogP contribution in [0.25, 0.3) is 22.3 Å². The summed E-state index contributed by atoms with van der Waals surface area (Å²) >= 11 is 0. The molecule has 1 heterocycles. The van der Waals surface area contributed by atoms with E-state index in [9.17, 15) is 44.1 Å². The lowest BCUT2D eigenvalue weighted by molar-refractivity contribution is -0.142. The fourth-order valence-corrected chi connectivity index (χ4v) is 6.55. The summed E-state index contributed by atoms with van der Waals surface area (Å²) in [6, 6.07) is 21.1. The molecule has 9 N–H and O–H groups in total. The number of aromatic hydroxyl groups is 2. The third-order valence-corrected chi connectivity index (χ3v) is 10.1. The van der Waals surface area contributed by atoms with Crippen molar-refractivity contribution in [2.75, 3.05) is 33.2 Å². The molecule has 0 saturated carbocycles. The van der Waals surface area contributed by atoms with Crippen LogP contribution in [0, 0.1) is 0 Å². The van der Waals surface area contributed by atoms with E-state index in [0.29, 0.717) is 11.1 Å². The molecule has 4 aromatic rings. The van der Waals surface area contributed by atoms with Gasteiger partial charge in [-0.2, -0.15) is 0 Å². The maximum atomic E-state index is 13.6. The van der Waals surface area contributed by atoms with E-state index < -0.39 is 54.8 Å². The van der Waals surface area contributed by atoms with Gasteiger partial charge in [0.1, 0.15) is 23.6 Å². The molecule has 1 aliphatic heterocycles. The van der Waals surface area contributed by atoms with Crippen LogP contribution in [-0.2, 0) is 36.8 Å². The van der Waals surface area contributed by atoms with Crippen LogP contribution in [0.2, 0.25) is 0 Å². The number of carboxylic acid groups (broad SMARTS) is 1. The van der Waals surface area contributed by atoms with E-state index in [4.69, 9.17) is 5.73 Å². The number of fused-ring (bicyclic) bond motifs is 5. The number of unbranched alkanes of at least 4 members (excludes halogenated alkanes) is 2. The fraction of sp³-hybridized carbons (Fsp3) is 0.348. The van der Waals surface area contributed by atoms with E-state index in [1.807, 2.05) is 12.1 Å². The Kier molecular flexibility index (Phi) is 17.8. The highest BCUT2D eigenvalue weighted by Gasteiger charge is 2.31. The van der Waals surface area contributed by atoms with Gasteiger partial charge in [-0.3, -0.25) is 24.0 Å². The van der Waals surface area contributed by atoms with Crippen LogP contribution in [0.15, 0.2) is 84.9 Å². The molecular formula is C46H56N6O9. The number of nitrogens with one attached hydrogen (secondary N) is 4. The third-order valence-electron chi connectivity index (χ3n) is 10.1. The maximum Gasteiger partial charge on any atom is 0.326 e. The molecule has 324 valence electrons. The van der Waals surface area contributed by atoms with Gasteiger partial charge in [0.15, 0.2) is 0 Å². The first kappa shape index (κ1) is 46.9. The summed E-state index contributed by atoms with van der Waals surface area (Å²) in [5, 5.41) is 41.2. The van der Waals surface area contributed by atoms with Gasteiger partial charge in [0.25, 0.3) is 5.91 Å². The standard InChI is InChI=1S/C42H45N5O9.C4H11N/c1-3-4-5-25-6-9-27(10-7-25)28-11-13-29(14-12-28)40(53)43-19-18-36(50)44-24-38(52)47(2)39-30-15-17-35(49)32(22-30)31-20-26(8-16-34(31)48)21-33(42(55)56)46-37(51)23-45-41(39)54;1-2-3-4-5/h6-17,20,22,33,39,48-49H,3-5,18-19,21,23-24H2,1-2H3,(H,43,53)(H,44,50)(H,45,54)(H,46,51)(H,55,56);2-5H2,1H3. The molecule has 2 unspecified atom stereocenters. The van der Waals surface area contributed by atoms with Crippen LogP contribution >= 0.6 is 0 Å². The predicted octanol–water partition coefficient (Wildman–Crippen LogP) is 4.20. The number of amides is 5. The minimum atomic E-state index is -1.38. The molecule has 0 radical (unpaired) electrons. The molecule has 15 heteroatoms. The van der Waals surface area contributed by atoms with Crippen molar-refractivity contribution in [2.45, 2.75) is 70.9 Å². The Morgan fingerprint density at radius 2 is 1.44 bits per heavy atom. The van der Waals surface area contributed by atoms with Crippen molar-refractivity contribution in [2.24, 2.45) is 5.73 Å². The zero-order valence-electron chi connectivity index (χ0n) is 34.8. The Hall–Kier alpha value is -6.74. The predicted molar refractivity (Wildman–Crippen MR) is 231 cm³/mol. The van der Waals surface area contributed by atoms with Gasteiger partial charge in [-0.05, 0) is 90.0 Å². The number of phenolic OH excluding ortho intramolecular Hbond substituents is 2. The van der Waals surface area contributed by atoms with Crippen LogP contribution in [-0.4, -0.2) is 95.0 Å². The van der Waals surface area contributed by atoms with Crippen molar-refractivity contribution in [3.05, 3.63) is 107 Å². The van der Waals surface area contributed by atoms with E-state index in [-0.39, 0.29) is 53.5 Å². The zero-order chi connectivity index (χ0) is 44.5. The Labute approximate surface area is 355 Å². The summed E-state index contributed by atoms with van der Waals surface area (Å²) < 4.78 is 0. The summed E-state index contributed by atoms with van der Waals surface area (Å²) in [4.78, 5) is 78.1. The molecule has 0 saturated heterocycles. The summed E-state index contributed by atoms with van der Waals surface area (Å²) in [5.41, 5.74) is 9.73. The van der Waals surface area contributed by atoms with Gasteiger partial charge in [0, 0.05) is 43.1 Å². The average molecular weight is 837 g/mol. The second-order valence-electron chi connectivity index (χ2n) is 14.7. The Morgan fingerprint density at radius 3 is 2.05 bits per heavy atom. The smallest absolute Gasteiger partial charge is 0.326 e. The normalized spacial score (nSPS) is 14.8. The number of benzene rings is 4. The summed E-state index contributed by atoms with van der Waals surface area (Å²) in [6.07, 6.45) is 5.41. The molecule has 0 aromatic heterocycles. The second kappa shape index (κ2) is 23.2. The number of rotatable bonds is 14. The number of likely N-dealkylation sites (N-methyl/N-ethyl adjacent to an activating group) is 1. The van der Waals surface area contributed by atoms with Crippen LogP contribution < -0.4 is 27.0 Å². The average Bonchev–Trinajstić information content (AvgIpc) is 3.25. The van der Waals surface area contributed by atoms with Crippen LogP contribution in [0.5, 0.6) is 11.5 Å². The van der Waals surface area contributed by atoms with Crippen molar-refractivity contribution in [1.82, 2.24) is 26.2 Å². The molecular weight excluding hydrogens is 781 g/mol. The molecule has 1 aliphatic rings. The highest BCUT2D eigenvalue weighted by molar-refractivity contribution is 5.96. The number of carboxylic acids is 1. The van der Waals surface area contributed by atoms with Crippen molar-refractivity contribution in [3.8, 4) is 33.8 Å². The molecule has 15 nitrogen and oxygen atoms in total. The number of nitrogens with zero attached hydrogens (tertiary/aromatic N) is 1. The number of aryl methyl sites for hydroxylation is 1. The quantitative estimate of drug-likeness (QED) is 0.0901. The second-order valence-corrected chi connectivity index (χ2v) is 14.7. The van der Waals surface area contributed by atoms with Gasteiger partial charge in [-0.15, -0.1) is 0 Å². The number of carbonyl (C=O) groups is 6. The molecule has 2 atom stereocenters. The number of nitrogens with two attached hydrogens (primary N) is 1. The molecule has 0 aliphatic carbocycles. The van der Waals surface area contributed by atoms with Gasteiger partial charge in [0.05, 0.1) is 13.1 Å². The topological polar surface area (TPSA) is 240 Å². The van der Waals surface area contributed by atoms with Gasteiger partial charge < -0.3 is 47.2 Å². The number of aliphatic carboxylic acids is 1. The minimum absolute atomic E-state index is 0.00414. The van der Waals surface area contributed by atoms with Gasteiger partial charge in [-0.25, -0.2) is 4.79 Å². The number of hydrogen-bond acceptors (Lipinski definition) is 9. The minimum Gasteiger partial charge on any atom is -0.507 e. The number of phenols is 2. The van der Waals surface area contributed by atoms with E-state index >= 15 is 0 Å². The van der Waals surface area contributed by atoms with Crippen LogP contribution in [0.1, 0.15) is 79.0 Å². The number of carbonyl (C=O) groups excluding carboxylic acids is 5. The first-order valence-corrected chi connectivity index (χ1v) is 20.4. The molecule has 4 bridgehead atoms. The first-order chi connectivity index (χ1) is 29.3. The molecule has 0 spiro atoms. The van der Waals surface area contributed by atoms with Gasteiger partial charge in [0.2, 0.25) is 23.6 Å². The van der Waals surface area contributed by atoms with Crippen molar-refractivity contribution >= 4 is 35.5 Å². The molecule has 5 rings (SSSR count). The summed E-state index contributed by atoms with van der Waals surface area (Å²) in [6.45, 7) is 4.02. The molecule has 61 heavy (non-hydrogen) atoms. The Balaban J connectivity index is 0.00000155. The lowest BCUT2D eigenvalue weighted by Gasteiger charge is -2.28. The SMILES string of the molecule is CCCCN.CCCCc1ccc(-c2ccc(C(=O)NCCC(=O)NCC(=O)N(C)C3C(=O)NCC(=O)NC(C(=O)O)Cc4ccc(O)c(c4)-c4cc3ccc4O)cc2)cc1. The Bertz CT molecular complexity index is 2160. The summed E-state index contributed by atoms with van der Waals surface area (Å²) in [5.74, 6) is -5.02. The van der Waals surface area contributed by atoms with E-state index in [1.165, 1.54) is 61.9 Å². The van der Waals surface area contributed by atoms with Crippen LogP contribution in [0.4, 0.5) is 0 Å². The largest absolute Gasteiger partial charge is 0.507 e. The number of hydrogen-bond donors (Lipinski definition) is 8. The zero-order valence-corrected chi connectivity index (χ0v) is 34.8. The van der Waals surface area contributed by atoms with Crippen LogP contribution in [0.3, 0.4) is 0 Å².